The van der Waals surface area contributed by atoms with Crippen molar-refractivity contribution in [2.24, 2.45) is 5.92 Å². The van der Waals surface area contributed by atoms with Crippen molar-refractivity contribution < 1.29 is 12.8 Å². The summed E-state index contributed by atoms with van der Waals surface area (Å²) in [7, 11) is -3.80. The van der Waals surface area contributed by atoms with Crippen LogP contribution in [0, 0.1) is 11.7 Å². The molecule has 0 heterocycles. The van der Waals surface area contributed by atoms with E-state index in [1.54, 1.807) is 6.92 Å². The molecule has 0 fully saturated rings. The van der Waals surface area contributed by atoms with Gasteiger partial charge in [0.05, 0.1) is 5.02 Å². The van der Waals surface area contributed by atoms with E-state index >= 15 is 0 Å². The highest BCUT2D eigenvalue weighted by Gasteiger charge is 2.19. The van der Waals surface area contributed by atoms with Gasteiger partial charge in [-0.05, 0) is 24.1 Å². The molecule has 1 N–H and O–H groups in total. The largest absolute Gasteiger partial charge is 0.242 e. The molecule has 7 heteroatoms. The van der Waals surface area contributed by atoms with E-state index in [0.29, 0.717) is 5.88 Å². The summed E-state index contributed by atoms with van der Waals surface area (Å²) in [5, 5.41) is -0.0163. The molecule has 0 aromatic heterocycles. The Bertz CT molecular complexity index is 493. The molecule has 0 saturated heterocycles. The lowest BCUT2D eigenvalue weighted by Gasteiger charge is -2.11. The van der Waals surface area contributed by atoms with Crippen LogP contribution in [-0.2, 0) is 10.0 Å². The van der Waals surface area contributed by atoms with E-state index in [1.165, 1.54) is 6.07 Å². The predicted molar refractivity (Wildman–Crippen MR) is 66.5 cm³/mol. The first-order chi connectivity index (χ1) is 7.86. The molecule has 1 rings (SSSR count). The quantitative estimate of drug-likeness (QED) is 0.850. The maximum atomic E-state index is 13.0. The normalized spacial score (nSPS) is 13.6. The third-order valence-corrected chi connectivity index (χ3v) is 4.50. The van der Waals surface area contributed by atoms with Gasteiger partial charge in [0.2, 0.25) is 10.0 Å². The molecule has 0 aliphatic heterocycles. The third-order valence-electron chi connectivity index (χ3n) is 2.07. The molecule has 0 aliphatic rings. The standard InChI is InChI=1S/C10H12Cl2FNO2S/c1-7(5-11)6-14-17(15,16)10-4-8(13)2-3-9(10)12/h2-4,7,14H,5-6H2,1H3. The number of sulfonamides is 1. The van der Waals surface area contributed by atoms with Crippen molar-refractivity contribution in [2.45, 2.75) is 11.8 Å². The first-order valence-electron chi connectivity index (χ1n) is 4.87. The number of hydrogen-bond donors (Lipinski definition) is 1. The second kappa shape index (κ2) is 6.00. The molecule has 0 amide bonds. The molecule has 0 spiro atoms. The number of halogens is 3. The van der Waals surface area contributed by atoms with Gasteiger partial charge in [-0.2, -0.15) is 0 Å². The molecular weight excluding hydrogens is 288 g/mol. The fraction of sp³-hybridized carbons (Fsp3) is 0.400. The molecule has 1 aromatic rings. The van der Waals surface area contributed by atoms with Gasteiger partial charge in [0.1, 0.15) is 10.7 Å². The lowest BCUT2D eigenvalue weighted by molar-refractivity contribution is 0.559. The minimum absolute atomic E-state index is 0.0150. The zero-order chi connectivity index (χ0) is 13.1. The average Bonchev–Trinajstić information content (AvgIpc) is 2.29. The summed E-state index contributed by atoms with van der Waals surface area (Å²) in [5.41, 5.74) is 0. The van der Waals surface area contributed by atoms with Crippen LogP contribution in [0.15, 0.2) is 23.1 Å². The Labute approximate surface area is 110 Å². The summed E-state index contributed by atoms with van der Waals surface area (Å²) in [5.74, 6) is -0.335. The second-order valence-electron chi connectivity index (χ2n) is 3.69. The summed E-state index contributed by atoms with van der Waals surface area (Å²) in [6, 6.07) is 3.19. The average molecular weight is 300 g/mol. The highest BCUT2D eigenvalue weighted by Crippen LogP contribution is 2.21. The van der Waals surface area contributed by atoms with Crippen molar-refractivity contribution in [2.75, 3.05) is 12.4 Å². The molecule has 1 atom stereocenters. The van der Waals surface area contributed by atoms with Crippen molar-refractivity contribution in [3.63, 3.8) is 0 Å². The number of hydrogen-bond acceptors (Lipinski definition) is 2. The molecule has 1 unspecified atom stereocenters. The van der Waals surface area contributed by atoms with Gasteiger partial charge in [-0.15, -0.1) is 11.6 Å². The van der Waals surface area contributed by atoms with Crippen LogP contribution < -0.4 is 4.72 Å². The van der Waals surface area contributed by atoms with Gasteiger partial charge in [0.15, 0.2) is 0 Å². The summed E-state index contributed by atoms with van der Waals surface area (Å²) >= 11 is 11.3. The minimum Gasteiger partial charge on any atom is -0.211 e. The molecule has 0 radical (unpaired) electrons. The fourth-order valence-corrected chi connectivity index (χ4v) is 2.85. The zero-order valence-corrected chi connectivity index (χ0v) is 11.4. The molecule has 0 aliphatic carbocycles. The molecular formula is C10H12Cl2FNO2S. The second-order valence-corrected chi connectivity index (χ2v) is 6.14. The number of rotatable bonds is 5. The van der Waals surface area contributed by atoms with Crippen molar-refractivity contribution in [1.82, 2.24) is 4.72 Å². The highest BCUT2D eigenvalue weighted by molar-refractivity contribution is 7.89. The Hall–Kier alpha value is -0.360. The van der Waals surface area contributed by atoms with E-state index in [1.807, 2.05) is 0 Å². The Kier molecular flexibility index (Phi) is 5.19. The van der Waals surface area contributed by atoms with E-state index in [-0.39, 0.29) is 22.4 Å². The van der Waals surface area contributed by atoms with E-state index in [2.05, 4.69) is 4.72 Å². The first-order valence-corrected chi connectivity index (χ1v) is 7.27. The zero-order valence-electron chi connectivity index (χ0n) is 9.08. The number of nitrogens with one attached hydrogen (secondary N) is 1. The maximum Gasteiger partial charge on any atom is 0.242 e. The lowest BCUT2D eigenvalue weighted by Crippen LogP contribution is -2.29. The van der Waals surface area contributed by atoms with Crippen LogP contribution in [0.5, 0.6) is 0 Å². The summed E-state index contributed by atoms with van der Waals surface area (Å²) in [6.45, 7) is 1.97. The van der Waals surface area contributed by atoms with Crippen molar-refractivity contribution in [1.29, 1.82) is 0 Å². The van der Waals surface area contributed by atoms with Crippen molar-refractivity contribution >= 4 is 33.2 Å². The van der Waals surface area contributed by atoms with Gasteiger partial charge in [-0.1, -0.05) is 18.5 Å². The van der Waals surface area contributed by atoms with Gasteiger partial charge in [0.25, 0.3) is 0 Å². The SMILES string of the molecule is CC(CCl)CNS(=O)(=O)c1cc(F)ccc1Cl. The monoisotopic (exact) mass is 299 g/mol. The Morgan fingerprint density at radius 3 is 2.71 bits per heavy atom. The molecule has 1 aromatic carbocycles. The fourth-order valence-electron chi connectivity index (χ4n) is 1.07. The molecule has 17 heavy (non-hydrogen) atoms. The topological polar surface area (TPSA) is 46.2 Å². The van der Waals surface area contributed by atoms with E-state index < -0.39 is 15.8 Å². The van der Waals surface area contributed by atoms with Crippen LogP contribution in [0.4, 0.5) is 4.39 Å². The van der Waals surface area contributed by atoms with Crippen molar-refractivity contribution in [3.05, 3.63) is 29.0 Å². The Morgan fingerprint density at radius 2 is 2.12 bits per heavy atom. The van der Waals surface area contributed by atoms with Crippen LogP contribution >= 0.6 is 23.2 Å². The van der Waals surface area contributed by atoms with Crippen LogP contribution in [0.2, 0.25) is 5.02 Å². The Balaban J connectivity index is 2.93. The summed E-state index contributed by atoms with van der Waals surface area (Å²) < 4.78 is 38.9. The van der Waals surface area contributed by atoms with Gasteiger partial charge in [-0.25, -0.2) is 17.5 Å². The molecule has 3 nitrogen and oxygen atoms in total. The predicted octanol–water partition coefficient (Wildman–Crippen LogP) is 2.63. The highest BCUT2D eigenvalue weighted by atomic mass is 35.5. The summed E-state index contributed by atoms with van der Waals surface area (Å²) in [4.78, 5) is -0.263. The maximum absolute atomic E-state index is 13.0. The third kappa shape index (κ3) is 4.10. The van der Waals surface area contributed by atoms with E-state index in [4.69, 9.17) is 23.2 Å². The van der Waals surface area contributed by atoms with E-state index in [9.17, 15) is 12.8 Å². The number of alkyl halides is 1. The summed E-state index contributed by atoms with van der Waals surface area (Å²) in [6.07, 6.45) is 0. The van der Waals surface area contributed by atoms with Crippen LogP contribution in [0.1, 0.15) is 6.92 Å². The van der Waals surface area contributed by atoms with Crippen LogP contribution in [0.3, 0.4) is 0 Å². The van der Waals surface area contributed by atoms with Gasteiger partial charge >= 0.3 is 0 Å². The van der Waals surface area contributed by atoms with Gasteiger partial charge < -0.3 is 0 Å². The van der Waals surface area contributed by atoms with E-state index in [0.717, 1.165) is 12.1 Å². The van der Waals surface area contributed by atoms with Gasteiger partial charge in [-0.3, -0.25) is 0 Å². The molecule has 96 valence electrons. The first kappa shape index (κ1) is 14.7. The molecule has 0 saturated carbocycles. The Morgan fingerprint density at radius 1 is 1.47 bits per heavy atom. The van der Waals surface area contributed by atoms with Gasteiger partial charge in [0, 0.05) is 12.4 Å². The smallest absolute Gasteiger partial charge is 0.211 e. The minimum atomic E-state index is -3.80. The van der Waals surface area contributed by atoms with Crippen LogP contribution in [0.25, 0.3) is 0 Å². The lowest BCUT2D eigenvalue weighted by atomic mass is 10.2. The molecule has 0 bridgehead atoms. The number of benzene rings is 1. The van der Waals surface area contributed by atoms with Crippen molar-refractivity contribution in [3.8, 4) is 0 Å². The van der Waals surface area contributed by atoms with Crippen LogP contribution in [-0.4, -0.2) is 20.8 Å².